The molecule has 0 radical (unpaired) electrons. The van der Waals surface area contributed by atoms with Gasteiger partial charge >= 0.3 is 0 Å². The molecule has 1 saturated heterocycles. The maximum absolute atomic E-state index is 12.9. The van der Waals surface area contributed by atoms with Crippen molar-refractivity contribution in [3.8, 4) is 11.3 Å². The smallest absolute Gasteiger partial charge is 0.274 e. The second-order valence-corrected chi connectivity index (χ2v) is 9.67. The van der Waals surface area contributed by atoms with Crippen LogP contribution in [0, 0.1) is 6.92 Å². The molecule has 9 nitrogen and oxygen atoms in total. The van der Waals surface area contributed by atoms with Crippen molar-refractivity contribution in [2.24, 2.45) is 0 Å². The van der Waals surface area contributed by atoms with Crippen molar-refractivity contribution in [1.29, 1.82) is 0 Å². The van der Waals surface area contributed by atoms with Crippen molar-refractivity contribution >= 4 is 39.7 Å². The summed E-state index contributed by atoms with van der Waals surface area (Å²) in [5.74, 6) is -0.680. The van der Waals surface area contributed by atoms with Crippen molar-refractivity contribution in [3.63, 3.8) is 0 Å². The number of rotatable bonds is 8. The number of carbonyl (C=O) groups is 2. The lowest BCUT2D eigenvalue weighted by atomic mass is 10.1. The van der Waals surface area contributed by atoms with E-state index in [0.717, 1.165) is 46.9 Å². The molecule has 2 aromatic carbocycles. The molecule has 0 bridgehead atoms. The minimum absolute atomic E-state index is 0.285. The second-order valence-electron chi connectivity index (χ2n) is 8.81. The van der Waals surface area contributed by atoms with Crippen molar-refractivity contribution in [1.82, 2.24) is 15.4 Å². The average molecular weight is 530 g/mol. The number of amides is 2. The normalized spacial score (nSPS) is 15.0. The second kappa shape index (κ2) is 12.0. The molecule has 0 spiro atoms. The number of hydrogen-bond acceptors (Lipinski definition) is 8. The maximum Gasteiger partial charge on any atom is 0.274 e. The molecular formula is C28H27N5O4S. The van der Waals surface area contributed by atoms with Crippen molar-refractivity contribution in [2.75, 3.05) is 17.2 Å². The first kappa shape index (κ1) is 25.5. The summed E-state index contributed by atoms with van der Waals surface area (Å²) in [5, 5.41) is 8.97. The first-order chi connectivity index (χ1) is 18.5. The standard InChI is InChI=1S/C28H27N5O4S/c1-18-7-12-22(15-23(18)31-28-32-24(17-38-28)21-5-4-13-29-16-21)30-26(34)19-8-10-20(11-9-19)27(35)33-37-25-6-2-3-14-36-25/h4-5,7-13,15-17,25H,2-3,6,14H2,1H3,(H,30,34)(H,31,32)(H,33,35). The number of nitrogens with one attached hydrogen (secondary N) is 3. The molecule has 4 aromatic rings. The van der Waals surface area contributed by atoms with Gasteiger partial charge in [-0.1, -0.05) is 6.07 Å². The SMILES string of the molecule is Cc1ccc(NC(=O)c2ccc(C(=O)NOC3CCCCO3)cc2)cc1Nc1nc(-c2cccnc2)cs1. The molecule has 2 amide bonds. The van der Waals surface area contributed by atoms with E-state index in [1.54, 1.807) is 36.7 Å². The number of anilines is 3. The maximum atomic E-state index is 12.9. The van der Waals surface area contributed by atoms with Crippen LogP contribution in [0.4, 0.5) is 16.5 Å². The Morgan fingerprint density at radius 3 is 2.61 bits per heavy atom. The summed E-state index contributed by atoms with van der Waals surface area (Å²) in [6.45, 7) is 2.61. The highest BCUT2D eigenvalue weighted by Crippen LogP contribution is 2.29. The van der Waals surface area contributed by atoms with Crippen LogP contribution in [0.1, 0.15) is 45.5 Å². The van der Waals surface area contributed by atoms with Gasteiger partial charge in [-0.25, -0.2) is 15.3 Å². The van der Waals surface area contributed by atoms with E-state index in [1.807, 2.05) is 42.6 Å². The van der Waals surface area contributed by atoms with Gasteiger partial charge in [0.05, 0.1) is 5.69 Å². The number of aromatic nitrogens is 2. The molecule has 10 heteroatoms. The highest BCUT2D eigenvalue weighted by molar-refractivity contribution is 7.14. The van der Waals surface area contributed by atoms with Gasteiger partial charge in [0, 0.05) is 58.9 Å². The molecule has 38 heavy (non-hydrogen) atoms. The van der Waals surface area contributed by atoms with Crippen LogP contribution >= 0.6 is 11.3 Å². The zero-order valence-corrected chi connectivity index (χ0v) is 21.6. The van der Waals surface area contributed by atoms with Crippen LogP contribution in [0.15, 0.2) is 72.4 Å². The molecule has 1 aliphatic rings. The van der Waals surface area contributed by atoms with Gasteiger partial charge in [-0.15, -0.1) is 11.3 Å². The molecule has 0 aliphatic carbocycles. The number of carbonyl (C=O) groups excluding carboxylic acids is 2. The quantitative estimate of drug-likeness (QED) is 0.251. The van der Waals surface area contributed by atoms with Crippen LogP contribution in [-0.4, -0.2) is 34.7 Å². The first-order valence-electron chi connectivity index (χ1n) is 12.3. The molecule has 5 rings (SSSR count). The Balaban J connectivity index is 1.19. The van der Waals surface area contributed by atoms with Gasteiger partial charge in [-0.05, 0) is 73.9 Å². The number of hydrogen-bond donors (Lipinski definition) is 3. The van der Waals surface area contributed by atoms with Crippen LogP contribution < -0.4 is 16.1 Å². The molecule has 194 valence electrons. The third-order valence-corrected chi connectivity index (χ3v) is 6.79. The van der Waals surface area contributed by atoms with Crippen LogP contribution in [0.5, 0.6) is 0 Å². The summed E-state index contributed by atoms with van der Waals surface area (Å²) in [6.07, 6.45) is 5.82. The van der Waals surface area contributed by atoms with Gasteiger partial charge in [0.15, 0.2) is 11.4 Å². The van der Waals surface area contributed by atoms with Gasteiger partial charge in [0.25, 0.3) is 11.8 Å². The van der Waals surface area contributed by atoms with E-state index in [1.165, 1.54) is 11.3 Å². The number of pyridine rings is 1. The summed E-state index contributed by atoms with van der Waals surface area (Å²) in [6, 6.07) is 15.8. The average Bonchev–Trinajstić information content (AvgIpc) is 3.43. The minimum atomic E-state index is -0.426. The predicted molar refractivity (Wildman–Crippen MR) is 146 cm³/mol. The monoisotopic (exact) mass is 529 g/mol. The molecule has 1 unspecified atom stereocenters. The Labute approximate surface area is 224 Å². The Morgan fingerprint density at radius 1 is 1.05 bits per heavy atom. The van der Waals surface area contributed by atoms with Crippen molar-refractivity contribution in [2.45, 2.75) is 32.5 Å². The van der Waals surface area contributed by atoms with Crippen LogP contribution in [-0.2, 0) is 9.57 Å². The van der Waals surface area contributed by atoms with Gasteiger partial charge in [0.1, 0.15) is 0 Å². The Bertz CT molecular complexity index is 1400. The van der Waals surface area contributed by atoms with Gasteiger partial charge in [-0.3, -0.25) is 14.6 Å². The highest BCUT2D eigenvalue weighted by atomic mass is 32.1. The summed E-state index contributed by atoms with van der Waals surface area (Å²) in [7, 11) is 0. The third kappa shape index (κ3) is 6.41. The fraction of sp³-hybridized carbons (Fsp3) is 0.214. The van der Waals surface area contributed by atoms with Gasteiger partial charge < -0.3 is 15.4 Å². The first-order valence-corrected chi connectivity index (χ1v) is 13.2. The van der Waals surface area contributed by atoms with Crippen LogP contribution in [0.3, 0.4) is 0 Å². The molecule has 1 atom stereocenters. The Morgan fingerprint density at radius 2 is 1.87 bits per heavy atom. The summed E-state index contributed by atoms with van der Waals surface area (Å²) in [5.41, 5.74) is 7.50. The highest BCUT2D eigenvalue weighted by Gasteiger charge is 2.17. The minimum Gasteiger partial charge on any atom is -0.350 e. The summed E-state index contributed by atoms with van der Waals surface area (Å²) < 4.78 is 5.44. The topological polar surface area (TPSA) is 114 Å². The molecule has 1 fully saturated rings. The molecule has 0 saturated carbocycles. The lowest BCUT2D eigenvalue weighted by Gasteiger charge is -2.22. The fourth-order valence-corrected chi connectivity index (χ4v) is 4.62. The van der Waals surface area contributed by atoms with E-state index in [9.17, 15) is 9.59 Å². The molecule has 3 heterocycles. The summed E-state index contributed by atoms with van der Waals surface area (Å²) in [4.78, 5) is 39.3. The number of ether oxygens (including phenoxy) is 1. The molecule has 3 N–H and O–H groups in total. The van der Waals surface area contributed by atoms with Crippen molar-refractivity contribution < 1.29 is 19.2 Å². The van der Waals surface area contributed by atoms with Gasteiger partial charge in [-0.2, -0.15) is 0 Å². The number of hydroxylamine groups is 1. The van der Waals surface area contributed by atoms with E-state index in [4.69, 9.17) is 9.57 Å². The molecule has 2 aromatic heterocycles. The predicted octanol–water partition coefficient (Wildman–Crippen LogP) is 5.70. The number of thiazole rings is 1. The molecule has 1 aliphatic heterocycles. The fourth-order valence-electron chi connectivity index (χ4n) is 3.89. The zero-order chi connectivity index (χ0) is 26.3. The van der Waals surface area contributed by atoms with E-state index in [-0.39, 0.29) is 5.91 Å². The van der Waals surface area contributed by atoms with Crippen LogP contribution in [0.25, 0.3) is 11.3 Å². The van der Waals surface area contributed by atoms with E-state index < -0.39 is 12.2 Å². The number of nitrogens with zero attached hydrogens (tertiary/aromatic N) is 2. The zero-order valence-electron chi connectivity index (χ0n) is 20.8. The Hall–Kier alpha value is -4.12. The van der Waals surface area contributed by atoms with E-state index in [0.29, 0.717) is 23.4 Å². The van der Waals surface area contributed by atoms with Crippen LogP contribution in [0.2, 0.25) is 0 Å². The lowest BCUT2D eigenvalue weighted by molar-refractivity contribution is -0.186. The summed E-state index contributed by atoms with van der Waals surface area (Å²) >= 11 is 1.49. The Kier molecular flexibility index (Phi) is 8.03. The largest absolute Gasteiger partial charge is 0.350 e. The van der Waals surface area contributed by atoms with E-state index >= 15 is 0 Å². The van der Waals surface area contributed by atoms with E-state index in [2.05, 4.69) is 26.1 Å². The molecular weight excluding hydrogens is 502 g/mol. The van der Waals surface area contributed by atoms with Gasteiger partial charge in [0.2, 0.25) is 0 Å². The lowest BCUT2D eigenvalue weighted by Crippen LogP contribution is -2.33. The number of aryl methyl sites for hydroxylation is 1. The third-order valence-electron chi connectivity index (χ3n) is 6.03. The number of benzene rings is 2. The van der Waals surface area contributed by atoms with Crippen molar-refractivity contribution in [3.05, 3.63) is 89.1 Å².